The largest absolute Gasteiger partial charge is 0.478 e. The Kier molecular flexibility index (Phi) is 3.76. The number of rotatable bonds is 4. The predicted molar refractivity (Wildman–Crippen MR) is 76.2 cm³/mol. The highest BCUT2D eigenvalue weighted by Gasteiger charge is 2.13. The van der Waals surface area contributed by atoms with Gasteiger partial charge in [0.25, 0.3) is 0 Å². The number of hydrogen-bond acceptors (Lipinski definition) is 4. The fourth-order valence-corrected chi connectivity index (χ4v) is 2.62. The molecule has 0 saturated heterocycles. The summed E-state index contributed by atoms with van der Waals surface area (Å²) in [5.74, 6) is -1.04. The van der Waals surface area contributed by atoms with Crippen LogP contribution in [-0.2, 0) is 9.84 Å². The third-order valence-corrected chi connectivity index (χ3v) is 3.83. The Hall–Kier alpha value is -2.34. The van der Waals surface area contributed by atoms with Gasteiger partial charge in [-0.2, -0.15) is 0 Å². The summed E-state index contributed by atoms with van der Waals surface area (Å²) in [4.78, 5) is 11.1. The molecule has 0 aromatic heterocycles. The van der Waals surface area contributed by atoms with Crippen LogP contribution in [0.1, 0.15) is 10.4 Å². The first-order valence-electron chi connectivity index (χ1n) is 5.77. The van der Waals surface area contributed by atoms with Crippen LogP contribution in [-0.4, -0.2) is 25.7 Å². The predicted octanol–water partition coefficient (Wildman–Crippen LogP) is 2.53. The van der Waals surface area contributed by atoms with E-state index in [4.69, 9.17) is 5.11 Å². The van der Waals surface area contributed by atoms with Crippen LogP contribution in [0.15, 0.2) is 53.4 Å². The van der Waals surface area contributed by atoms with Crippen LogP contribution in [0.5, 0.6) is 0 Å². The number of hydrogen-bond donors (Lipinski definition) is 2. The molecular formula is C14H13NO4S. The Labute approximate surface area is 116 Å². The van der Waals surface area contributed by atoms with E-state index < -0.39 is 15.8 Å². The van der Waals surface area contributed by atoms with Crippen molar-refractivity contribution in [3.63, 3.8) is 0 Å². The maximum absolute atomic E-state index is 11.7. The second-order valence-corrected chi connectivity index (χ2v) is 6.26. The second kappa shape index (κ2) is 5.34. The third kappa shape index (κ3) is 3.16. The van der Waals surface area contributed by atoms with Crippen LogP contribution < -0.4 is 5.32 Å². The quantitative estimate of drug-likeness (QED) is 0.904. The summed E-state index contributed by atoms with van der Waals surface area (Å²) in [6.45, 7) is 0. The number of anilines is 2. The van der Waals surface area contributed by atoms with E-state index in [-0.39, 0.29) is 10.5 Å². The molecule has 0 aliphatic heterocycles. The summed E-state index contributed by atoms with van der Waals surface area (Å²) in [5.41, 5.74) is 1.06. The third-order valence-electron chi connectivity index (χ3n) is 2.68. The van der Waals surface area contributed by atoms with Gasteiger partial charge in [0.15, 0.2) is 9.84 Å². The van der Waals surface area contributed by atoms with Crippen LogP contribution in [0, 0.1) is 0 Å². The minimum Gasteiger partial charge on any atom is -0.478 e. The molecule has 5 nitrogen and oxygen atoms in total. The molecule has 6 heteroatoms. The van der Waals surface area contributed by atoms with Gasteiger partial charge in [-0.15, -0.1) is 0 Å². The first-order valence-corrected chi connectivity index (χ1v) is 7.66. The zero-order chi connectivity index (χ0) is 14.8. The fraction of sp³-hybridized carbons (Fsp3) is 0.0714. The van der Waals surface area contributed by atoms with Gasteiger partial charge in [0.2, 0.25) is 0 Å². The Morgan fingerprint density at radius 3 is 2.45 bits per heavy atom. The molecule has 2 aromatic rings. The Bertz CT molecular complexity index is 753. The maximum Gasteiger partial charge on any atom is 0.335 e. The molecule has 0 atom stereocenters. The molecule has 2 rings (SSSR count). The van der Waals surface area contributed by atoms with Crippen LogP contribution in [0.3, 0.4) is 0 Å². The number of aromatic carboxylic acids is 1. The number of carbonyl (C=O) groups is 1. The highest BCUT2D eigenvalue weighted by molar-refractivity contribution is 7.90. The van der Waals surface area contributed by atoms with Gasteiger partial charge in [0, 0.05) is 11.9 Å². The Balaban J connectivity index is 2.41. The summed E-state index contributed by atoms with van der Waals surface area (Å²) in [6, 6.07) is 12.6. The number of para-hydroxylation sites is 1. The topological polar surface area (TPSA) is 83.5 Å². The molecule has 2 aromatic carbocycles. The van der Waals surface area contributed by atoms with E-state index >= 15 is 0 Å². The van der Waals surface area contributed by atoms with Crippen molar-refractivity contribution in [2.75, 3.05) is 11.6 Å². The molecule has 104 valence electrons. The van der Waals surface area contributed by atoms with E-state index in [1.165, 1.54) is 18.2 Å². The SMILES string of the molecule is CS(=O)(=O)c1ccccc1Nc1cccc(C(=O)O)c1. The molecule has 0 heterocycles. The van der Waals surface area contributed by atoms with E-state index in [0.29, 0.717) is 11.4 Å². The lowest BCUT2D eigenvalue weighted by molar-refractivity contribution is 0.0697. The van der Waals surface area contributed by atoms with Crippen LogP contribution in [0.4, 0.5) is 11.4 Å². The van der Waals surface area contributed by atoms with Crippen molar-refractivity contribution in [3.05, 3.63) is 54.1 Å². The zero-order valence-electron chi connectivity index (χ0n) is 10.7. The molecule has 0 aliphatic carbocycles. The van der Waals surface area contributed by atoms with Gasteiger partial charge in [0.1, 0.15) is 0 Å². The minimum absolute atomic E-state index is 0.131. The lowest BCUT2D eigenvalue weighted by atomic mass is 10.2. The summed E-state index contributed by atoms with van der Waals surface area (Å²) >= 11 is 0. The van der Waals surface area contributed by atoms with Crippen molar-refractivity contribution in [2.45, 2.75) is 4.90 Å². The highest BCUT2D eigenvalue weighted by atomic mass is 32.2. The van der Waals surface area contributed by atoms with Gasteiger partial charge in [-0.25, -0.2) is 13.2 Å². The monoisotopic (exact) mass is 291 g/mol. The molecule has 0 spiro atoms. The van der Waals surface area contributed by atoms with Crippen LogP contribution >= 0.6 is 0 Å². The normalized spacial score (nSPS) is 11.1. The number of carboxylic acids is 1. The number of benzene rings is 2. The Morgan fingerprint density at radius 2 is 1.80 bits per heavy atom. The van der Waals surface area contributed by atoms with Gasteiger partial charge in [-0.05, 0) is 30.3 Å². The summed E-state index contributed by atoms with van der Waals surface area (Å²) in [6.07, 6.45) is 1.13. The smallest absolute Gasteiger partial charge is 0.335 e. The van der Waals surface area contributed by atoms with E-state index in [0.717, 1.165) is 6.26 Å². The average molecular weight is 291 g/mol. The van der Waals surface area contributed by atoms with Gasteiger partial charge >= 0.3 is 5.97 Å². The molecule has 0 amide bonds. The molecule has 0 fully saturated rings. The first kappa shape index (κ1) is 14.1. The van der Waals surface area contributed by atoms with Crippen LogP contribution in [0.2, 0.25) is 0 Å². The molecule has 2 N–H and O–H groups in total. The molecule has 0 saturated carbocycles. The number of nitrogens with one attached hydrogen (secondary N) is 1. The number of carboxylic acid groups (broad SMARTS) is 1. The highest BCUT2D eigenvalue weighted by Crippen LogP contribution is 2.25. The molecule has 0 aliphatic rings. The van der Waals surface area contributed by atoms with Gasteiger partial charge in [-0.1, -0.05) is 18.2 Å². The lowest BCUT2D eigenvalue weighted by Gasteiger charge is -2.11. The van der Waals surface area contributed by atoms with E-state index in [2.05, 4.69) is 5.32 Å². The zero-order valence-corrected chi connectivity index (χ0v) is 11.5. The van der Waals surface area contributed by atoms with Crippen molar-refractivity contribution >= 4 is 27.2 Å². The van der Waals surface area contributed by atoms with Gasteiger partial charge < -0.3 is 10.4 Å². The van der Waals surface area contributed by atoms with Crippen molar-refractivity contribution in [2.24, 2.45) is 0 Å². The Morgan fingerprint density at radius 1 is 1.10 bits per heavy atom. The summed E-state index contributed by atoms with van der Waals surface area (Å²) in [5, 5.41) is 11.9. The van der Waals surface area contributed by atoms with Gasteiger partial charge in [0.05, 0.1) is 16.1 Å². The van der Waals surface area contributed by atoms with Crippen molar-refractivity contribution in [3.8, 4) is 0 Å². The lowest BCUT2D eigenvalue weighted by Crippen LogP contribution is -2.03. The van der Waals surface area contributed by atoms with Crippen molar-refractivity contribution < 1.29 is 18.3 Å². The summed E-state index contributed by atoms with van der Waals surface area (Å²) in [7, 11) is -3.36. The molecule has 0 bridgehead atoms. The van der Waals surface area contributed by atoms with E-state index in [1.807, 2.05) is 0 Å². The van der Waals surface area contributed by atoms with E-state index in [9.17, 15) is 13.2 Å². The fourth-order valence-electron chi connectivity index (χ4n) is 1.78. The van der Waals surface area contributed by atoms with Gasteiger partial charge in [-0.3, -0.25) is 0 Å². The number of sulfone groups is 1. The first-order chi connectivity index (χ1) is 9.38. The molecule has 20 heavy (non-hydrogen) atoms. The molecule has 0 radical (unpaired) electrons. The standard InChI is InChI=1S/C14H13NO4S/c1-20(18,19)13-8-3-2-7-12(13)15-11-6-4-5-10(9-11)14(16)17/h2-9,15H,1H3,(H,16,17). The van der Waals surface area contributed by atoms with Crippen LogP contribution in [0.25, 0.3) is 0 Å². The maximum atomic E-state index is 11.7. The molecule has 0 unspecified atom stereocenters. The minimum atomic E-state index is -3.36. The van der Waals surface area contributed by atoms with Crippen molar-refractivity contribution in [1.29, 1.82) is 0 Å². The van der Waals surface area contributed by atoms with E-state index in [1.54, 1.807) is 30.3 Å². The summed E-state index contributed by atoms with van der Waals surface area (Å²) < 4.78 is 23.4. The molecular weight excluding hydrogens is 278 g/mol. The second-order valence-electron chi connectivity index (χ2n) is 4.28. The van der Waals surface area contributed by atoms with Crippen molar-refractivity contribution in [1.82, 2.24) is 0 Å². The average Bonchev–Trinajstić information content (AvgIpc) is 2.38.